The summed E-state index contributed by atoms with van der Waals surface area (Å²) >= 11 is 0. The molecule has 0 bridgehead atoms. The van der Waals surface area contributed by atoms with Crippen molar-refractivity contribution < 1.29 is 13.9 Å². The van der Waals surface area contributed by atoms with Crippen LogP contribution in [0.2, 0.25) is 0 Å². The van der Waals surface area contributed by atoms with E-state index < -0.39 is 5.82 Å². The molecule has 2 fully saturated rings. The molecule has 5 heteroatoms. The van der Waals surface area contributed by atoms with Crippen LogP contribution in [-0.2, 0) is 4.79 Å². The van der Waals surface area contributed by atoms with Gasteiger partial charge in [0, 0.05) is 6.54 Å². The fourth-order valence-electron chi connectivity index (χ4n) is 2.95. The van der Waals surface area contributed by atoms with Crippen molar-refractivity contribution in [3.05, 3.63) is 29.6 Å². The van der Waals surface area contributed by atoms with Gasteiger partial charge in [-0.05, 0) is 37.0 Å². The zero-order valence-corrected chi connectivity index (χ0v) is 12.5. The Kier molecular flexibility index (Phi) is 3.61. The fourth-order valence-corrected chi connectivity index (χ4v) is 2.95. The Morgan fingerprint density at radius 2 is 2.24 bits per heavy atom. The summed E-state index contributed by atoms with van der Waals surface area (Å²) in [6.07, 6.45) is 3.51. The highest BCUT2D eigenvalue weighted by Crippen LogP contribution is 2.46. The Hall–Kier alpha value is -1.62. The Morgan fingerprint density at radius 3 is 2.81 bits per heavy atom. The lowest BCUT2D eigenvalue weighted by Gasteiger charge is -2.24. The Labute approximate surface area is 124 Å². The second-order valence-electron chi connectivity index (χ2n) is 5.88. The van der Waals surface area contributed by atoms with E-state index in [9.17, 15) is 9.18 Å². The predicted octanol–water partition coefficient (Wildman–Crippen LogP) is 2.60. The third-order valence-corrected chi connectivity index (χ3v) is 4.39. The number of ether oxygens (including phenoxy) is 1. The zero-order chi connectivity index (χ0) is 15.0. The molecule has 114 valence electrons. The quantitative estimate of drug-likeness (QED) is 0.907. The molecule has 2 aliphatic rings. The molecule has 1 spiro atoms. The van der Waals surface area contributed by atoms with Crippen LogP contribution >= 0.6 is 0 Å². The molecule has 1 amide bonds. The molecule has 3 rings (SSSR count). The average Bonchev–Trinajstić information content (AvgIpc) is 3.21. The average molecular weight is 292 g/mol. The lowest BCUT2D eigenvalue weighted by Crippen LogP contribution is -2.32. The van der Waals surface area contributed by atoms with Crippen molar-refractivity contribution >= 4 is 5.91 Å². The minimum absolute atomic E-state index is 0.164. The summed E-state index contributed by atoms with van der Waals surface area (Å²) in [7, 11) is 1.45. The summed E-state index contributed by atoms with van der Waals surface area (Å²) in [6.45, 7) is 2.81. The molecule has 0 aromatic heterocycles. The summed E-state index contributed by atoms with van der Waals surface area (Å²) in [4.78, 5) is 14.4. The lowest BCUT2D eigenvalue weighted by atomic mass is 10.1. The smallest absolute Gasteiger partial charge is 0.244 e. The number of amides is 1. The summed E-state index contributed by atoms with van der Waals surface area (Å²) in [5, 5.41) is 3.40. The highest BCUT2D eigenvalue weighted by atomic mass is 19.1. The maximum atomic E-state index is 13.9. The van der Waals surface area contributed by atoms with Gasteiger partial charge in [-0.2, -0.15) is 0 Å². The van der Waals surface area contributed by atoms with Crippen molar-refractivity contribution in [3.8, 4) is 5.75 Å². The summed E-state index contributed by atoms with van der Waals surface area (Å²) in [6, 6.07) is 4.91. The number of benzene rings is 1. The van der Waals surface area contributed by atoms with Crippen LogP contribution in [-0.4, -0.2) is 30.0 Å². The molecule has 1 saturated heterocycles. The molecular weight excluding hydrogens is 271 g/mol. The lowest BCUT2D eigenvalue weighted by molar-refractivity contribution is -0.130. The normalized spacial score (nSPS) is 22.9. The number of methoxy groups -OCH3 is 1. The second kappa shape index (κ2) is 5.30. The standard InChI is InChI=1S/C16H21FN2O2/c1-3-4-9-19-14(18-16(7-8-16)15(19)20)11-5-6-13(21-2)12(17)10-11/h5-6,10,14,18H,3-4,7-9H2,1-2H3. The number of nitrogens with zero attached hydrogens (tertiary/aromatic N) is 1. The Balaban J connectivity index is 1.88. The monoisotopic (exact) mass is 292 g/mol. The number of unbranched alkanes of at least 4 members (excludes halogenated alkanes) is 1. The van der Waals surface area contributed by atoms with Crippen LogP contribution in [0.4, 0.5) is 4.39 Å². The van der Waals surface area contributed by atoms with Gasteiger partial charge in [0.05, 0.1) is 7.11 Å². The number of halogens is 1. The molecule has 1 atom stereocenters. The number of nitrogens with one attached hydrogen (secondary N) is 1. The van der Waals surface area contributed by atoms with E-state index in [1.807, 2.05) is 11.0 Å². The molecule has 1 aromatic carbocycles. The Bertz CT molecular complexity index is 557. The molecule has 4 nitrogen and oxygen atoms in total. The van der Waals surface area contributed by atoms with Gasteiger partial charge in [0.2, 0.25) is 5.91 Å². The molecule has 1 heterocycles. The van der Waals surface area contributed by atoms with Gasteiger partial charge in [-0.25, -0.2) is 4.39 Å². The highest BCUT2D eigenvalue weighted by Gasteiger charge is 2.59. The van der Waals surface area contributed by atoms with Crippen molar-refractivity contribution in [2.75, 3.05) is 13.7 Å². The third kappa shape index (κ3) is 2.39. The van der Waals surface area contributed by atoms with Crippen molar-refractivity contribution in [2.24, 2.45) is 0 Å². The summed E-state index contributed by atoms with van der Waals surface area (Å²) in [5.74, 6) is -0.00192. The largest absolute Gasteiger partial charge is 0.494 e. The minimum Gasteiger partial charge on any atom is -0.494 e. The first-order valence-electron chi connectivity index (χ1n) is 7.53. The van der Waals surface area contributed by atoms with E-state index in [4.69, 9.17) is 4.74 Å². The van der Waals surface area contributed by atoms with Gasteiger partial charge < -0.3 is 9.64 Å². The van der Waals surface area contributed by atoms with Crippen LogP contribution in [0.15, 0.2) is 18.2 Å². The van der Waals surface area contributed by atoms with Gasteiger partial charge in [0.25, 0.3) is 0 Å². The number of carbonyl (C=O) groups excluding carboxylic acids is 1. The van der Waals surface area contributed by atoms with Gasteiger partial charge in [0.1, 0.15) is 11.7 Å². The number of hydrogen-bond acceptors (Lipinski definition) is 3. The van der Waals surface area contributed by atoms with Crippen LogP contribution in [0.5, 0.6) is 5.75 Å². The van der Waals surface area contributed by atoms with Gasteiger partial charge >= 0.3 is 0 Å². The fraction of sp³-hybridized carbons (Fsp3) is 0.562. The van der Waals surface area contributed by atoms with Crippen LogP contribution in [0.3, 0.4) is 0 Å². The van der Waals surface area contributed by atoms with E-state index >= 15 is 0 Å². The van der Waals surface area contributed by atoms with Crippen molar-refractivity contribution in [2.45, 2.75) is 44.3 Å². The highest BCUT2D eigenvalue weighted by molar-refractivity contribution is 5.92. The topological polar surface area (TPSA) is 41.6 Å². The molecule has 1 saturated carbocycles. The van der Waals surface area contributed by atoms with E-state index in [-0.39, 0.29) is 23.4 Å². The molecule has 1 aliphatic carbocycles. The minimum atomic E-state index is -0.392. The van der Waals surface area contributed by atoms with Crippen molar-refractivity contribution in [3.63, 3.8) is 0 Å². The molecule has 0 radical (unpaired) electrons. The molecule has 1 aliphatic heterocycles. The first-order chi connectivity index (χ1) is 10.1. The zero-order valence-electron chi connectivity index (χ0n) is 12.5. The maximum Gasteiger partial charge on any atom is 0.244 e. The van der Waals surface area contributed by atoms with E-state index in [1.54, 1.807) is 6.07 Å². The summed E-state index contributed by atoms with van der Waals surface area (Å²) < 4.78 is 18.9. The SMILES string of the molecule is CCCCN1C(=O)C2(CC2)NC1c1ccc(OC)c(F)c1. The van der Waals surface area contributed by atoms with E-state index in [1.165, 1.54) is 13.2 Å². The number of carbonyl (C=O) groups is 1. The van der Waals surface area contributed by atoms with Crippen LogP contribution < -0.4 is 10.1 Å². The summed E-state index contributed by atoms with van der Waals surface area (Å²) in [5.41, 5.74) is 0.399. The Morgan fingerprint density at radius 1 is 1.48 bits per heavy atom. The first-order valence-corrected chi connectivity index (χ1v) is 7.53. The molecular formula is C16H21FN2O2. The number of hydrogen-bond donors (Lipinski definition) is 1. The van der Waals surface area contributed by atoms with Gasteiger partial charge in [0.15, 0.2) is 11.6 Å². The van der Waals surface area contributed by atoms with Crippen molar-refractivity contribution in [1.29, 1.82) is 0 Å². The van der Waals surface area contributed by atoms with Crippen LogP contribution in [0.25, 0.3) is 0 Å². The number of rotatable bonds is 5. The molecule has 21 heavy (non-hydrogen) atoms. The van der Waals surface area contributed by atoms with Crippen LogP contribution in [0, 0.1) is 5.82 Å². The molecule has 1 N–H and O–H groups in total. The third-order valence-electron chi connectivity index (χ3n) is 4.39. The predicted molar refractivity (Wildman–Crippen MR) is 77.4 cm³/mol. The van der Waals surface area contributed by atoms with Gasteiger partial charge in [-0.15, -0.1) is 0 Å². The van der Waals surface area contributed by atoms with Gasteiger partial charge in [-0.1, -0.05) is 19.4 Å². The maximum absolute atomic E-state index is 13.9. The molecule has 1 aromatic rings. The van der Waals surface area contributed by atoms with Crippen molar-refractivity contribution in [1.82, 2.24) is 10.2 Å². The molecule has 1 unspecified atom stereocenters. The van der Waals surface area contributed by atoms with Gasteiger partial charge in [-0.3, -0.25) is 10.1 Å². The second-order valence-corrected chi connectivity index (χ2v) is 5.88. The van der Waals surface area contributed by atoms with E-state index in [0.29, 0.717) is 6.54 Å². The van der Waals surface area contributed by atoms with E-state index in [2.05, 4.69) is 12.2 Å². The van der Waals surface area contributed by atoms with Crippen LogP contribution in [0.1, 0.15) is 44.3 Å². The first kappa shape index (κ1) is 14.3. The van der Waals surface area contributed by atoms with E-state index in [0.717, 1.165) is 31.2 Å².